The smallest absolute Gasteiger partial charge is 0.350 e. The first kappa shape index (κ1) is 14.5. The topological polar surface area (TPSA) is 64.1 Å². The number of hydrogen-bond acceptors (Lipinski definition) is 6. The number of nitrogens with zero attached hydrogens (tertiary/aromatic N) is 2. The fourth-order valence-electron chi connectivity index (χ4n) is 1.79. The molecule has 2 aromatic rings. The Morgan fingerprint density at radius 2 is 2.15 bits per heavy atom. The van der Waals surface area contributed by atoms with Gasteiger partial charge in [-0.05, 0) is 26.0 Å². The van der Waals surface area contributed by atoms with Crippen LogP contribution in [-0.2, 0) is 11.2 Å². The van der Waals surface area contributed by atoms with E-state index in [-0.39, 0.29) is 5.97 Å². The second-order valence-corrected chi connectivity index (χ2v) is 5.37. The number of aromatic nitrogens is 2. The summed E-state index contributed by atoms with van der Waals surface area (Å²) in [5, 5.41) is 3.94. The Labute approximate surface area is 122 Å². The third-order valence-electron chi connectivity index (χ3n) is 2.77. The first-order valence-electron chi connectivity index (χ1n) is 6.32. The van der Waals surface area contributed by atoms with Crippen LogP contribution in [0.2, 0.25) is 0 Å². The highest BCUT2D eigenvalue weighted by molar-refractivity contribution is 7.17. The maximum atomic E-state index is 11.5. The van der Waals surface area contributed by atoms with E-state index in [9.17, 15) is 4.79 Å². The molecule has 1 N–H and O–H groups in total. The maximum Gasteiger partial charge on any atom is 0.350 e. The van der Waals surface area contributed by atoms with E-state index in [4.69, 9.17) is 4.74 Å². The number of aryl methyl sites for hydroxylation is 2. The Morgan fingerprint density at radius 3 is 2.85 bits per heavy atom. The summed E-state index contributed by atoms with van der Waals surface area (Å²) in [6.45, 7) is 4.50. The van der Waals surface area contributed by atoms with Crippen LogP contribution in [0, 0.1) is 13.8 Å². The molecule has 0 aromatic carbocycles. The van der Waals surface area contributed by atoms with E-state index in [1.54, 1.807) is 6.92 Å². The van der Waals surface area contributed by atoms with Crippen molar-refractivity contribution >= 4 is 22.4 Å². The quantitative estimate of drug-likeness (QED) is 0.858. The van der Waals surface area contributed by atoms with Gasteiger partial charge in [0.25, 0.3) is 0 Å². The summed E-state index contributed by atoms with van der Waals surface area (Å²) < 4.78 is 4.71. The van der Waals surface area contributed by atoms with Gasteiger partial charge in [-0.25, -0.2) is 9.78 Å². The summed E-state index contributed by atoms with van der Waals surface area (Å²) in [5.41, 5.74) is 2.75. The molecular weight excluding hydrogens is 274 g/mol. The zero-order chi connectivity index (χ0) is 14.5. The molecule has 0 unspecified atom stereocenters. The molecular formula is C14H17N3O2S. The van der Waals surface area contributed by atoms with Gasteiger partial charge >= 0.3 is 5.97 Å². The Hall–Kier alpha value is -1.95. The number of nitrogens with one attached hydrogen (secondary N) is 1. The van der Waals surface area contributed by atoms with E-state index in [0.717, 1.165) is 29.5 Å². The molecule has 20 heavy (non-hydrogen) atoms. The number of pyridine rings is 1. The molecule has 6 heteroatoms. The summed E-state index contributed by atoms with van der Waals surface area (Å²) in [6.07, 6.45) is 0.813. The maximum absolute atomic E-state index is 11.5. The molecule has 0 amide bonds. The van der Waals surface area contributed by atoms with Gasteiger partial charge in [-0.3, -0.25) is 4.98 Å². The second kappa shape index (κ2) is 6.47. The van der Waals surface area contributed by atoms with Gasteiger partial charge in [0, 0.05) is 24.4 Å². The van der Waals surface area contributed by atoms with Crippen LogP contribution in [-0.4, -0.2) is 29.6 Å². The lowest BCUT2D eigenvalue weighted by Gasteiger charge is -2.03. The van der Waals surface area contributed by atoms with Crippen LogP contribution in [0.4, 0.5) is 5.13 Å². The minimum atomic E-state index is -0.339. The van der Waals surface area contributed by atoms with Gasteiger partial charge in [0.15, 0.2) is 5.13 Å². The molecule has 0 atom stereocenters. The molecule has 2 aromatic heterocycles. The van der Waals surface area contributed by atoms with Crippen molar-refractivity contribution in [2.45, 2.75) is 20.3 Å². The molecule has 0 fully saturated rings. The lowest BCUT2D eigenvalue weighted by Crippen LogP contribution is -2.06. The number of hydrogen-bond donors (Lipinski definition) is 1. The van der Waals surface area contributed by atoms with Gasteiger partial charge in [-0.15, -0.1) is 0 Å². The lowest BCUT2D eigenvalue weighted by molar-refractivity contribution is 0.0605. The number of anilines is 1. The number of carbonyl (C=O) groups excluding carboxylic acids is 1. The molecule has 0 aliphatic rings. The van der Waals surface area contributed by atoms with Gasteiger partial charge in [0.1, 0.15) is 4.88 Å². The van der Waals surface area contributed by atoms with Crippen molar-refractivity contribution in [3.8, 4) is 0 Å². The zero-order valence-corrected chi connectivity index (χ0v) is 12.6. The van der Waals surface area contributed by atoms with E-state index in [1.807, 2.05) is 25.1 Å². The minimum Gasteiger partial charge on any atom is -0.465 e. The molecule has 2 rings (SSSR count). The summed E-state index contributed by atoms with van der Waals surface area (Å²) in [4.78, 5) is 20.8. The highest BCUT2D eigenvalue weighted by Gasteiger charge is 2.15. The predicted molar refractivity (Wildman–Crippen MR) is 79.4 cm³/mol. The Morgan fingerprint density at radius 1 is 1.35 bits per heavy atom. The van der Waals surface area contributed by atoms with Crippen LogP contribution in [0.15, 0.2) is 18.2 Å². The number of thiazole rings is 1. The van der Waals surface area contributed by atoms with Gasteiger partial charge < -0.3 is 10.1 Å². The van der Waals surface area contributed by atoms with Crippen LogP contribution < -0.4 is 5.32 Å². The molecule has 0 bridgehead atoms. The standard InChI is InChI=1S/C14H17N3O2S/c1-9-5-4-6-11(16-9)7-8-15-14-17-10(2)12(20-14)13(18)19-3/h4-6H,7-8H2,1-3H3,(H,15,17). The molecule has 0 spiro atoms. The molecule has 2 heterocycles. The van der Waals surface area contributed by atoms with Crippen molar-refractivity contribution in [1.82, 2.24) is 9.97 Å². The number of carbonyl (C=O) groups is 1. The van der Waals surface area contributed by atoms with E-state index in [1.165, 1.54) is 18.4 Å². The normalized spacial score (nSPS) is 10.3. The van der Waals surface area contributed by atoms with Gasteiger partial charge in [-0.1, -0.05) is 17.4 Å². The van der Waals surface area contributed by atoms with Crippen molar-refractivity contribution in [2.75, 3.05) is 19.0 Å². The van der Waals surface area contributed by atoms with Gasteiger partial charge in [-0.2, -0.15) is 0 Å². The molecule has 0 saturated carbocycles. The lowest BCUT2D eigenvalue weighted by atomic mass is 10.2. The molecule has 106 valence electrons. The second-order valence-electron chi connectivity index (χ2n) is 4.37. The SMILES string of the molecule is COC(=O)c1sc(NCCc2cccc(C)n2)nc1C. The Kier molecular flexibility index (Phi) is 4.68. The number of ether oxygens (including phenoxy) is 1. The number of methoxy groups -OCH3 is 1. The van der Waals surface area contributed by atoms with Crippen molar-refractivity contribution in [3.63, 3.8) is 0 Å². The van der Waals surface area contributed by atoms with Crippen LogP contribution >= 0.6 is 11.3 Å². The van der Waals surface area contributed by atoms with Crippen molar-refractivity contribution in [3.05, 3.63) is 40.2 Å². The number of rotatable bonds is 5. The molecule has 0 aliphatic heterocycles. The Bertz CT molecular complexity index is 610. The average molecular weight is 291 g/mol. The van der Waals surface area contributed by atoms with Crippen molar-refractivity contribution < 1.29 is 9.53 Å². The zero-order valence-electron chi connectivity index (χ0n) is 11.8. The predicted octanol–water partition coefficient (Wildman–Crippen LogP) is 2.60. The summed E-state index contributed by atoms with van der Waals surface area (Å²) in [6, 6.07) is 5.98. The molecule has 0 saturated heterocycles. The molecule has 5 nitrogen and oxygen atoms in total. The fraction of sp³-hybridized carbons (Fsp3) is 0.357. The highest BCUT2D eigenvalue weighted by Crippen LogP contribution is 2.23. The third-order valence-corrected chi connectivity index (χ3v) is 3.87. The van der Waals surface area contributed by atoms with Gasteiger partial charge in [0.2, 0.25) is 0 Å². The molecule has 0 radical (unpaired) electrons. The van der Waals surface area contributed by atoms with Crippen LogP contribution in [0.5, 0.6) is 0 Å². The third kappa shape index (κ3) is 3.54. The highest BCUT2D eigenvalue weighted by atomic mass is 32.1. The summed E-state index contributed by atoms with van der Waals surface area (Å²) in [5.74, 6) is -0.339. The minimum absolute atomic E-state index is 0.339. The van der Waals surface area contributed by atoms with Crippen molar-refractivity contribution in [1.29, 1.82) is 0 Å². The first-order chi connectivity index (χ1) is 9.60. The first-order valence-corrected chi connectivity index (χ1v) is 7.14. The fourth-order valence-corrected chi connectivity index (χ4v) is 2.70. The summed E-state index contributed by atoms with van der Waals surface area (Å²) >= 11 is 1.31. The van der Waals surface area contributed by atoms with Crippen LogP contribution in [0.25, 0.3) is 0 Å². The Balaban J connectivity index is 1.93. The summed E-state index contributed by atoms with van der Waals surface area (Å²) in [7, 11) is 1.37. The van der Waals surface area contributed by atoms with Crippen molar-refractivity contribution in [2.24, 2.45) is 0 Å². The van der Waals surface area contributed by atoms with E-state index in [2.05, 4.69) is 15.3 Å². The van der Waals surface area contributed by atoms with E-state index < -0.39 is 0 Å². The molecule has 0 aliphatic carbocycles. The largest absolute Gasteiger partial charge is 0.465 e. The van der Waals surface area contributed by atoms with E-state index >= 15 is 0 Å². The monoisotopic (exact) mass is 291 g/mol. The van der Waals surface area contributed by atoms with Crippen LogP contribution in [0.1, 0.15) is 26.8 Å². The number of esters is 1. The van der Waals surface area contributed by atoms with E-state index in [0.29, 0.717) is 10.6 Å². The average Bonchev–Trinajstić information content (AvgIpc) is 2.79. The van der Waals surface area contributed by atoms with Gasteiger partial charge in [0.05, 0.1) is 12.8 Å². The van der Waals surface area contributed by atoms with Crippen LogP contribution in [0.3, 0.4) is 0 Å².